The minimum absolute atomic E-state index is 0.0406. The molecule has 1 aromatic carbocycles. The Labute approximate surface area is 182 Å². The van der Waals surface area contributed by atoms with E-state index in [1.165, 1.54) is 16.9 Å². The third-order valence-corrected chi connectivity index (χ3v) is 5.75. The Hall–Kier alpha value is -2.73. The Balaban J connectivity index is 0.000000757. The van der Waals surface area contributed by atoms with E-state index in [1.54, 1.807) is 10.8 Å². The molecule has 6 heteroatoms. The van der Waals surface area contributed by atoms with E-state index in [9.17, 15) is 4.79 Å². The fourth-order valence-electron chi connectivity index (χ4n) is 3.23. The number of benzene rings is 1. The Morgan fingerprint density at radius 2 is 1.73 bits per heavy atom. The van der Waals surface area contributed by atoms with Crippen molar-refractivity contribution in [2.24, 2.45) is 0 Å². The number of anilines is 1. The Kier molecular flexibility index (Phi) is 8.12. The molecule has 0 aliphatic carbocycles. The molecule has 0 aliphatic heterocycles. The number of thiophene rings is 1. The molecule has 3 aromatic heterocycles. The number of aromatic nitrogens is 3. The summed E-state index contributed by atoms with van der Waals surface area (Å²) in [6.07, 6.45) is 1.77. The van der Waals surface area contributed by atoms with Crippen LogP contribution in [-0.2, 0) is 0 Å². The lowest BCUT2D eigenvalue weighted by atomic mass is 10.1. The van der Waals surface area contributed by atoms with Gasteiger partial charge in [0.15, 0.2) is 0 Å². The predicted molar refractivity (Wildman–Crippen MR) is 132 cm³/mol. The van der Waals surface area contributed by atoms with E-state index in [0.717, 1.165) is 39.2 Å². The van der Waals surface area contributed by atoms with Gasteiger partial charge >= 0.3 is 0 Å². The van der Waals surface area contributed by atoms with E-state index < -0.39 is 0 Å². The van der Waals surface area contributed by atoms with Crippen LogP contribution >= 0.6 is 11.3 Å². The second-order valence-corrected chi connectivity index (χ2v) is 7.42. The second-order valence-electron chi connectivity index (χ2n) is 6.42. The van der Waals surface area contributed by atoms with Crippen LogP contribution in [0.3, 0.4) is 0 Å². The molecule has 0 saturated heterocycles. The van der Waals surface area contributed by atoms with Crippen LogP contribution in [0.1, 0.15) is 51.6 Å². The minimum Gasteiger partial charge on any atom is -0.385 e. The average molecular weight is 425 g/mol. The van der Waals surface area contributed by atoms with Gasteiger partial charge in [0.1, 0.15) is 20.9 Å². The highest BCUT2D eigenvalue weighted by Gasteiger charge is 2.18. The van der Waals surface area contributed by atoms with Gasteiger partial charge in [0.05, 0.1) is 11.1 Å². The van der Waals surface area contributed by atoms with Crippen LogP contribution in [0, 0.1) is 20.8 Å². The first-order valence-corrected chi connectivity index (χ1v) is 11.4. The molecule has 5 nitrogen and oxygen atoms in total. The molecule has 1 N–H and O–H groups in total. The molecule has 0 spiro atoms. The highest BCUT2D eigenvalue weighted by atomic mass is 32.1. The van der Waals surface area contributed by atoms with Gasteiger partial charge in [-0.15, -0.1) is 11.3 Å². The van der Waals surface area contributed by atoms with Crippen LogP contribution < -0.4 is 10.9 Å². The first-order chi connectivity index (χ1) is 14.5. The van der Waals surface area contributed by atoms with Gasteiger partial charge in [-0.1, -0.05) is 33.8 Å². The monoisotopic (exact) mass is 424 g/mol. The van der Waals surface area contributed by atoms with Crippen molar-refractivity contribution in [2.75, 3.05) is 11.9 Å². The van der Waals surface area contributed by atoms with Crippen LogP contribution in [0.2, 0.25) is 0 Å². The lowest BCUT2D eigenvalue weighted by Gasteiger charge is -2.11. The fraction of sp³-hybridized carbons (Fsp3) is 0.375. The van der Waals surface area contributed by atoms with Crippen molar-refractivity contribution in [3.63, 3.8) is 0 Å². The summed E-state index contributed by atoms with van der Waals surface area (Å²) >= 11 is 1.41. The number of pyridine rings is 1. The lowest BCUT2D eigenvalue weighted by molar-refractivity contribution is 0.896. The quantitative estimate of drug-likeness (QED) is 0.413. The summed E-state index contributed by atoms with van der Waals surface area (Å²) in [7, 11) is 0. The molecule has 0 aliphatic rings. The van der Waals surface area contributed by atoms with E-state index in [1.807, 2.05) is 65.8 Å². The fourth-order valence-corrected chi connectivity index (χ4v) is 4.26. The third kappa shape index (κ3) is 4.24. The summed E-state index contributed by atoms with van der Waals surface area (Å²) < 4.78 is 2.33. The molecule has 0 radical (unpaired) electrons. The molecule has 0 fully saturated rings. The highest BCUT2D eigenvalue weighted by molar-refractivity contribution is 7.25. The SMILES string of the molecule is CC.CC.CCNc1ccnc2sc3c(=O)n(-c4ccc(C)c(C)c4)c(C)nc3c12. The number of aryl methyl sites for hydroxylation is 3. The van der Waals surface area contributed by atoms with Crippen molar-refractivity contribution < 1.29 is 0 Å². The normalized spacial score (nSPS) is 10.3. The zero-order chi connectivity index (χ0) is 22.4. The molecule has 30 heavy (non-hydrogen) atoms. The van der Waals surface area contributed by atoms with E-state index in [0.29, 0.717) is 10.5 Å². The van der Waals surface area contributed by atoms with Gasteiger partial charge < -0.3 is 5.32 Å². The van der Waals surface area contributed by atoms with Crippen LogP contribution in [0.15, 0.2) is 35.3 Å². The Bertz CT molecular complexity index is 1210. The van der Waals surface area contributed by atoms with Gasteiger partial charge in [0, 0.05) is 18.4 Å². The minimum atomic E-state index is -0.0406. The van der Waals surface area contributed by atoms with Crippen molar-refractivity contribution in [1.82, 2.24) is 14.5 Å². The molecule has 4 rings (SSSR count). The zero-order valence-electron chi connectivity index (χ0n) is 19.3. The van der Waals surface area contributed by atoms with Crippen molar-refractivity contribution in [2.45, 2.75) is 55.4 Å². The molecule has 3 heterocycles. The van der Waals surface area contributed by atoms with Crippen molar-refractivity contribution >= 4 is 37.5 Å². The first-order valence-electron chi connectivity index (χ1n) is 10.6. The van der Waals surface area contributed by atoms with Crippen molar-refractivity contribution in [3.05, 3.63) is 57.8 Å². The number of fused-ring (bicyclic) bond motifs is 3. The number of nitrogens with one attached hydrogen (secondary N) is 1. The molecule has 0 bridgehead atoms. The van der Waals surface area contributed by atoms with E-state index in [-0.39, 0.29) is 5.56 Å². The maximum absolute atomic E-state index is 13.3. The molecule has 4 aromatic rings. The molecule has 0 atom stereocenters. The Morgan fingerprint density at radius 1 is 1.03 bits per heavy atom. The molecule has 0 amide bonds. The smallest absolute Gasteiger partial charge is 0.276 e. The summed E-state index contributed by atoms with van der Waals surface area (Å²) in [4.78, 5) is 23.3. The van der Waals surface area contributed by atoms with Crippen LogP contribution in [0.5, 0.6) is 0 Å². The van der Waals surface area contributed by atoms with E-state index in [4.69, 9.17) is 4.98 Å². The maximum Gasteiger partial charge on any atom is 0.276 e. The summed E-state index contributed by atoms with van der Waals surface area (Å²) in [6.45, 7) is 16.8. The molecular formula is C24H32N4OS. The summed E-state index contributed by atoms with van der Waals surface area (Å²) in [5.41, 5.74) is 4.87. The molecule has 0 saturated carbocycles. The highest BCUT2D eigenvalue weighted by Crippen LogP contribution is 2.34. The predicted octanol–water partition coefficient (Wildman–Crippen LogP) is 6.40. The number of nitrogens with zero attached hydrogens (tertiary/aromatic N) is 3. The standard InChI is InChI=1S/C20H20N4OS.2C2H6/c1-5-21-15-8-9-22-19-16(15)17-18(26-19)20(25)24(13(4)23-17)14-7-6-11(2)12(3)10-14;2*1-2/h6-10H,5H2,1-4H3,(H,21,22);2*1-2H3. The summed E-state index contributed by atoms with van der Waals surface area (Å²) in [5.74, 6) is 0.678. The van der Waals surface area contributed by atoms with Crippen LogP contribution in [0.4, 0.5) is 5.69 Å². The Morgan fingerprint density at radius 3 is 2.37 bits per heavy atom. The average Bonchev–Trinajstić information content (AvgIpc) is 3.13. The number of hydrogen-bond donors (Lipinski definition) is 1. The lowest BCUT2D eigenvalue weighted by Crippen LogP contribution is -2.21. The van der Waals surface area contributed by atoms with Crippen molar-refractivity contribution in [1.29, 1.82) is 0 Å². The van der Waals surface area contributed by atoms with Crippen molar-refractivity contribution in [3.8, 4) is 5.69 Å². The number of hydrogen-bond acceptors (Lipinski definition) is 5. The molecule has 160 valence electrons. The zero-order valence-corrected chi connectivity index (χ0v) is 20.1. The topological polar surface area (TPSA) is 59.8 Å². The van der Waals surface area contributed by atoms with E-state index >= 15 is 0 Å². The van der Waals surface area contributed by atoms with Crippen LogP contribution in [0.25, 0.3) is 26.1 Å². The second kappa shape index (κ2) is 10.3. The van der Waals surface area contributed by atoms with Gasteiger partial charge in [0.2, 0.25) is 0 Å². The van der Waals surface area contributed by atoms with Crippen LogP contribution in [-0.4, -0.2) is 21.1 Å². The first kappa shape index (κ1) is 23.5. The largest absolute Gasteiger partial charge is 0.385 e. The molecular weight excluding hydrogens is 392 g/mol. The van der Waals surface area contributed by atoms with Gasteiger partial charge in [-0.25, -0.2) is 9.97 Å². The van der Waals surface area contributed by atoms with Gasteiger partial charge in [-0.05, 0) is 57.0 Å². The van der Waals surface area contributed by atoms with Gasteiger partial charge in [-0.3, -0.25) is 9.36 Å². The maximum atomic E-state index is 13.3. The summed E-state index contributed by atoms with van der Waals surface area (Å²) in [5, 5.41) is 4.28. The van der Waals surface area contributed by atoms with E-state index in [2.05, 4.69) is 24.1 Å². The third-order valence-electron chi connectivity index (χ3n) is 4.68. The number of rotatable bonds is 3. The molecule has 0 unspecified atom stereocenters. The summed E-state index contributed by atoms with van der Waals surface area (Å²) in [6, 6.07) is 7.98. The van der Waals surface area contributed by atoms with Gasteiger partial charge in [-0.2, -0.15) is 0 Å². The van der Waals surface area contributed by atoms with Gasteiger partial charge in [0.25, 0.3) is 5.56 Å².